The second kappa shape index (κ2) is 13.9. The molecular formula is C36H29N5. The van der Waals surface area contributed by atoms with Crippen molar-refractivity contribution >= 4 is 49.4 Å². The average molecular weight is 532 g/mol. The molecule has 41 heavy (non-hydrogen) atoms. The molecule has 4 heterocycles. The molecule has 0 radical (unpaired) electrons. The van der Waals surface area contributed by atoms with Crippen LogP contribution in [0.25, 0.3) is 43.6 Å². The maximum absolute atomic E-state index is 5.51. The van der Waals surface area contributed by atoms with Crippen LogP contribution in [0, 0.1) is 0 Å². The van der Waals surface area contributed by atoms with Crippen LogP contribution in [-0.2, 0) is 0 Å². The highest BCUT2D eigenvalue weighted by atomic mass is 14.8. The number of nitrogen functional groups attached to an aromatic ring is 1. The monoisotopic (exact) mass is 531 g/mol. The predicted molar refractivity (Wildman–Crippen MR) is 171 cm³/mol. The van der Waals surface area contributed by atoms with Crippen LogP contribution < -0.4 is 5.73 Å². The molecule has 0 saturated carbocycles. The molecule has 5 heteroatoms. The van der Waals surface area contributed by atoms with Gasteiger partial charge in [0.05, 0.1) is 22.1 Å². The number of hydrogen-bond donors (Lipinski definition) is 1. The van der Waals surface area contributed by atoms with Crippen molar-refractivity contribution < 1.29 is 0 Å². The molecule has 8 aromatic rings. The standard InChI is InChI=1S/C9H8N2.3C9H7N/c10-9-6-5-7-3-1-2-4-8(7)11-9;3*1-2-6-9-8(4-1)5-3-7-10-9/h1-6H,(H2,10,11);3*1-7H. The zero-order chi connectivity index (χ0) is 28.1. The predicted octanol–water partition coefficient (Wildman–Crippen LogP) is 8.52. The Labute approximate surface area is 239 Å². The summed E-state index contributed by atoms with van der Waals surface area (Å²) in [7, 11) is 0. The number of fused-ring (bicyclic) bond motifs is 4. The van der Waals surface area contributed by atoms with Gasteiger partial charge in [0.2, 0.25) is 0 Å². The second-order valence-electron chi connectivity index (χ2n) is 9.02. The Bertz CT molecular complexity index is 1620. The number of nitrogens with zero attached hydrogens (tertiary/aromatic N) is 4. The van der Waals surface area contributed by atoms with Gasteiger partial charge < -0.3 is 5.73 Å². The van der Waals surface area contributed by atoms with Gasteiger partial charge in [0.1, 0.15) is 5.82 Å². The third-order valence-corrected chi connectivity index (χ3v) is 6.16. The summed E-state index contributed by atoms with van der Waals surface area (Å²) in [5.41, 5.74) is 9.64. The average Bonchev–Trinajstić information content (AvgIpc) is 3.06. The van der Waals surface area contributed by atoms with Crippen molar-refractivity contribution in [3.05, 3.63) is 164 Å². The van der Waals surface area contributed by atoms with E-state index in [9.17, 15) is 0 Å². The molecule has 0 spiro atoms. The van der Waals surface area contributed by atoms with E-state index in [-0.39, 0.29) is 0 Å². The molecule has 2 N–H and O–H groups in total. The lowest BCUT2D eigenvalue weighted by Crippen LogP contribution is -1.88. The summed E-state index contributed by atoms with van der Waals surface area (Å²) in [6, 6.07) is 47.9. The number of pyridine rings is 4. The summed E-state index contributed by atoms with van der Waals surface area (Å²) in [6.07, 6.45) is 5.42. The molecule has 4 aromatic carbocycles. The fraction of sp³-hybridized carbons (Fsp3) is 0. The molecule has 0 amide bonds. The first kappa shape index (κ1) is 26.9. The van der Waals surface area contributed by atoms with Gasteiger partial charge in [-0.2, -0.15) is 0 Å². The highest BCUT2D eigenvalue weighted by Gasteiger charge is 1.92. The fourth-order valence-corrected chi connectivity index (χ4v) is 4.13. The van der Waals surface area contributed by atoms with Gasteiger partial charge in [-0.05, 0) is 54.6 Å². The van der Waals surface area contributed by atoms with Gasteiger partial charge in [-0.25, -0.2) is 4.98 Å². The Hall–Kier alpha value is -5.68. The zero-order valence-electron chi connectivity index (χ0n) is 22.5. The van der Waals surface area contributed by atoms with Crippen molar-refractivity contribution in [1.29, 1.82) is 0 Å². The van der Waals surface area contributed by atoms with E-state index in [0.717, 1.165) is 27.5 Å². The minimum absolute atomic E-state index is 0.573. The first-order chi connectivity index (χ1) is 20.3. The Balaban J connectivity index is 0.000000110. The maximum Gasteiger partial charge on any atom is 0.124 e. The summed E-state index contributed by atoms with van der Waals surface area (Å²) in [5.74, 6) is 0.573. The van der Waals surface area contributed by atoms with Crippen molar-refractivity contribution in [3.8, 4) is 0 Å². The zero-order valence-corrected chi connectivity index (χ0v) is 22.5. The smallest absolute Gasteiger partial charge is 0.124 e. The summed E-state index contributed by atoms with van der Waals surface area (Å²) >= 11 is 0. The van der Waals surface area contributed by atoms with E-state index in [1.807, 2.05) is 128 Å². The molecule has 0 aliphatic rings. The Morgan fingerprint density at radius 3 is 1.02 bits per heavy atom. The molecule has 0 aliphatic carbocycles. The molecule has 0 fully saturated rings. The van der Waals surface area contributed by atoms with Crippen LogP contribution >= 0.6 is 0 Å². The van der Waals surface area contributed by atoms with Crippen LogP contribution in [0.1, 0.15) is 0 Å². The lowest BCUT2D eigenvalue weighted by molar-refractivity contribution is 1.41. The lowest BCUT2D eigenvalue weighted by atomic mass is 10.2. The molecule has 8 rings (SSSR count). The number of rotatable bonds is 0. The van der Waals surface area contributed by atoms with Gasteiger partial charge in [0.15, 0.2) is 0 Å². The normalized spacial score (nSPS) is 10.0. The minimum Gasteiger partial charge on any atom is -0.384 e. The van der Waals surface area contributed by atoms with E-state index in [1.54, 1.807) is 0 Å². The molecule has 0 unspecified atom stereocenters. The van der Waals surface area contributed by atoms with E-state index >= 15 is 0 Å². The minimum atomic E-state index is 0.573. The Kier molecular flexibility index (Phi) is 9.14. The summed E-state index contributed by atoms with van der Waals surface area (Å²) < 4.78 is 0. The van der Waals surface area contributed by atoms with Crippen molar-refractivity contribution in [2.75, 3.05) is 5.73 Å². The number of aromatic nitrogens is 4. The van der Waals surface area contributed by atoms with Gasteiger partial charge in [0.25, 0.3) is 0 Å². The summed E-state index contributed by atoms with van der Waals surface area (Å²) in [5, 5.41) is 4.72. The lowest BCUT2D eigenvalue weighted by Gasteiger charge is -1.95. The maximum atomic E-state index is 5.51. The van der Waals surface area contributed by atoms with E-state index in [0.29, 0.717) is 5.82 Å². The second-order valence-corrected chi connectivity index (χ2v) is 9.02. The Morgan fingerprint density at radius 1 is 0.317 bits per heavy atom. The third kappa shape index (κ3) is 7.68. The SMILES string of the molecule is Nc1ccc2ccccc2n1.c1ccc2ncccc2c1.c1ccc2ncccc2c1.c1ccc2ncccc2c1. The van der Waals surface area contributed by atoms with Gasteiger partial charge in [-0.3, -0.25) is 15.0 Å². The van der Waals surface area contributed by atoms with Crippen molar-refractivity contribution in [1.82, 2.24) is 19.9 Å². The van der Waals surface area contributed by atoms with E-state index in [1.165, 1.54) is 16.2 Å². The molecule has 0 atom stereocenters. The topological polar surface area (TPSA) is 77.6 Å². The number of benzene rings is 4. The molecule has 0 bridgehead atoms. The Morgan fingerprint density at radius 2 is 0.634 bits per heavy atom. The number of para-hydroxylation sites is 4. The van der Waals surface area contributed by atoms with Crippen LogP contribution in [0.4, 0.5) is 5.82 Å². The molecule has 198 valence electrons. The van der Waals surface area contributed by atoms with Gasteiger partial charge in [-0.15, -0.1) is 0 Å². The van der Waals surface area contributed by atoms with Gasteiger partial charge in [0, 0.05) is 40.1 Å². The summed E-state index contributed by atoms with van der Waals surface area (Å²) in [4.78, 5) is 16.7. The number of anilines is 1. The third-order valence-electron chi connectivity index (χ3n) is 6.16. The molecule has 5 nitrogen and oxygen atoms in total. The van der Waals surface area contributed by atoms with Crippen LogP contribution in [0.5, 0.6) is 0 Å². The largest absolute Gasteiger partial charge is 0.384 e. The summed E-state index contributed by atoms with van der Waals surface area (Å²) in [6.45, 7) is 0. The van der Waals surface area contributed by atoms with Crippen LogP contribution in [0.15, 0.2) is 164 Å². The quantitative estimate of drug-likeness (QED) is 0.212. The highest BCUT2D eigenvalue weighted by molar-refractivity contribution is 5.80. The first-order valence-electron chi connectivity index (χ1n) is 13.3. The van der Waals surface area contributed by atoms with E-state index in [2.05, 4.69) is 56.3 Å². The van der Waals surface area contributed by atoms with E-state index in [4.69, 9.17) is 5.73 Å². The van der Waals surface area contributed by atoms with Crippen molar-refractivity contribution in [2.45, 2.75) is 0 Å². The van der Waals surface area contributed by atoms with Gasteiger partial charge >= 0.3 is 0 Å². The fourth-order valence-electron chi connectivity index (χ4n) is 4.13. The van der Waals surface area contributed by atoms with E-state index < -0.39 is 0 Å². The van der Waals surface area contributed by atoms with Crippen LogP contribution in [0.2, 0.25) is 0 Å². The number of nitrogens with two attached hydrogens (primary N) is 1. The van der Waals surface area contributed by atoms with Crippen LogP contribution in [0.3, 0.4) is 0 Å². The highest BCUT2D eigenvalue weighted by Crippen LogP contribution is 2.12. The molecular weight excluding hydrogens is 502 g/mol. The molecule has 4 aromatic heterocycles. The molecule has 0 aliphatic heterocycles. The molecule has 0 saturated heterocycles. The van der Waals surface area contributed by atoms with Crippen molar-refractivity contribution in [2.24, 2.45) is 0 Å². The van der Waals surface area contributed by atoms with Crippen LogP contribution in [-0.4, -0.2) is 19.9 Å². The first-order valence-corrected chi connectivity index (χ1v) is 13.3. The number of hydrogen-bond acceptors (Lipinski definition) is 5. The van der Waals surface area contributed by atoms with Crippen molar-refractivity contribution in [3.63, 3.8) is 0 Å². The van der Waals surface area contributed by atoms with Gasteiger partial charge in [-0.1, -0.05) is 91.0 Å².